The van der Waals surface area contributed by atoms with Gasteiger partial charge in [0.15, 0.2) is 0 Å². The zero-order valence-electron chi connectivity index (χ0n) is 10.2. The summed E-state index contributed by atoms with van der Waals surface area (Å²) in [6, 6.07) is 0. The van der Waals surface area contributed by atoms with Crippen LogP contribution < -0.4 is 9.80 Å². The number of hydrogen-bond acceptors (Lipinski definition) is 1. The molecule has 0 amide bonds. The number of aliphatic hydroxyl groups is 1. The van der Waals surface area contributed by atoms with Crippen LogP contribution in [0.25, 0.3) is 0 Å². The average Bonchev–Trinajstić information content (AvgIpc) is 2.21. The molecule has 0 bridgehead atoms. The summed E-state index contributed by atoms with van der Waals surface area (Å²) in [5.74, 6) is 6.06. The maximum absolute atomic E-state index is 9.71. The molecule has 0 aliphatic carbocycles. The van der Waals surface area contributed by atoms with Gasteiger partial charge in [-0.15, -0.1) is 0 Å². The molecule has 1 aliphatic heterocycles. The van der Waals surface area contributed by atoms with Crippen molar-refractivity contribution < 1.29 is 14.9 Å². The standard InChI is InChI=1S/C12H22N2O/c1-4-12(2,15)6-5-7-14-10-8-13(3)9-11-14/h15H,4,7-11H2,1-3H3/p+2/t12-/m1/s1. The molecule has 1 atom stereocenters. The number of hydrogen-bond donors (Lipinski definition) is 3. The Labute approximate surface area is 93.1 Å². The molecule has 15 heavy (non-hydrogen) atoms. The van der Waals surface area contributed by atoms with Crippen molar-refractivity contribution in [2.24, 2.45) is 0 Å². The van der Waals surface area contributed by atoms with Gasteiger partial charge in [0, 0.05) is 0 Å². The number of rotatable bonds is 2. The second kappa shape index (κ2) is 5.50. The number of quaternary nitrogens is 2. The van der Waals surface area contributed by atoms with Gasteiger partial charge in [-0.3, -0.25) is 0 Å². The van der Waals surface area contributed by atoms with E-state index in [1.165, 1.54) is 26.2 Å². The number of piperazine rings is 1. The molecular weight excluding hydrogens is 188 g/mol. The van der Waals surface area contributed by atoms with E-state index >= 15 is 0 Å². The van der Waals surface area contributed by atoms with Crippen molar-refractivity contribution >= 4 is 0 Å². The van der Waals surface area contributed by atoms with Crippen LogP contribution >= 0.6 is 0 Å². The first-order valence-corrected chi connectivity index (χ1v) is 5.91. The summed E-state index contributed by atoms with van der Waals surface area (Å²) >= 11 is 0. The van der Waals surface area contributed by atoms with Gasteiger partial charge in [-0.05, 0) is 19.3 Å². The third-order valence-electron chi connectivity index (χ3n) is 3.20. The van der Waals surface area contributed by atoms with Crippen LogP contribution in [-0.4, -0.2) is 50.5 Å². The molecular formula is C12H24N2O+2. The Morgan fingerprint density at radius 1 is 1.27 bits per heavy atom. The Morgan fingerprint density at radius 3 is 2.40 bits per heavy atom. The van der Waals surface area contributed by atoms with Gasteiger partial charge in [-0.25, -0.2) is 0 Å². The van der Waals surface area contributed by atoms with E-state index in [0.29, 0.717) is 6.42 Å². The lowest BCUT2D eigenvalue weighted by atomic mass is 10.1. The molecule has 3 N–H and O–H groups in total. The summed E-state index contributed by atoms with van der Waals surface area (Å²) < 4.78 is 0. The third-order valence-corrected chi connectivity index (χ3v) is 3.20. The first-order chi connectivity index (χ1) is 7.03. The second-order valence-corrected chi connectivity index (χ2v) is 4.81. The number of likely N-dealkylation sites (N-methyl/N-ethyl adjacent to an activating group) is 1. The van der Waals surface area contributed by atoms with E-state index in [4.69, 9.17) is 0 Å². The van der Waals surface area contributed by atoms with Gasteiger partial charge in [0.1, 0.15) is 38.3 Å². The van der Waals surface area contributed by atoms with Gasteiger partial charge in [0.25, 0.3) is 0 Å². The molecule has 3 nitrogen and oxygen atoms in total. The summed E-state index contributed by atoms with van der Waals surface area (Å²) in [5, 5.41) is 9.71. The molecule has 1 heterocycles. The lowest BCUT2D eigenvalue weighted by Crippen LogP contribution is -3.26. The molecule has 1 saturated heterocycles. The van der Waals surface area contributed by atoms with Crippen molar-refractivity contribution in [2.45, 2.75) is 25.9 Å². The van der Waals surface area contributed by atoms with Crippen LogP contribution in [0, 0.1) is 11.8 Å². The maximum atomic E-state index is 9.71. The van der Waals surface area contributed by atoms with Gasteiger partial charge >= 0.3 is 0 Å². The van der Waals surface area contributed by atoms with Crippen molar-refractivity contribution in [1.82, 2.24) is 0 Å². The normalized spacial score (nSPS) is 30.1. The summed E-state index contributed by atoms with van der Waals surface area (Å²) in [6.07, 6.45) is 0.697. The summed E-state index contributed by atoms with van der Waals surface area (Å²) in [4.78, 5) is 3.17. The molecule has 1 rings (SSSR count). The second-order valence-electron chi connectivity index (χ2n) is 4.81. The van der Waals surface area contributed by atoms with Crippen LogP contribution in [0.1, 0.15) is 20.3 Å². The highest BCUT2D eigenvalue weighted by molar-refractivity contribution is 5.11. The van der Waals surface area contributed by atoms with Crippen LogP contribution in [0.2, 0.25) is 0 Å². The van der Waals surface area contributed by atoms with Crippen molar-refractivity contribution in [3.63, 3.8) is 0 Å². The minimum absolute atomic E-state index is 0.697. The fourth-order valence-corrected chi connectivity index (χ4v) is 1.66. The van der Waals surface area contributed by atoms with Crippen LogP contribution in [0.3, 0.4) is 0 Å². The minimum atomic E-state index is -0.794. The quantitative estimate of drug-likeness (QED) is 0.436. The smallest absolute Gasteiger partial charge is 0.139 e. The molecule has 1 aliphatic rings. The topological polar surface area (TPSA) is 29.1 Å². The first kappa shape index (κ1) is 12.5. The van der Waals surface area contributed by atoms with Gasteiger partial charge in [-0.1, -0.05) is 12.8 Å². The number of nitrogens with one attached hydrogen (secondary N) is 2. The molecule has 0 unspecified atom stereocenters. The first-order valence-electron chi connectivity index (χ1n) is 5.91. The maximum Gasteiger partial charge on any atom is 0.139 e. The fraction of sp³-hybridized carbons (Fsp3) is 0.833. The van der Waals surface area contributed by atoms with Crippen molar-refractivity contribution in [3.05, 3.63) is 0 Å². The lowest BCUT2D eigenvalue weighted by Gasteiger charge is -2.25. The Hall–Kier alpha value is -0.560. The van der Waals surface area contributed by atoms with E-state index in [2.05, 4.69) is 18.9 Å². The molecule has 3 heteroatoms. The molecule has 86 valence electrons. The lowest BCUT2D eigenvalue weighted by molar-refractivity contribution is -1.000. The minimum Gasteiger partial charge on any atom is -0.378 e. The monoisotopic (exact) mass is 212 g/mol. The van der Waals surface area contributed by atoms with Gasteiger partial charge in [-0.2, -0.15) is 0 Å². The van der Waals surface area contributed by atoms with Crippen molar-refractivity contribution in [2.75, 3.05) is 39.8 Å². The van der Waals surface area contributed by atoms with Gasteiger partial charge in [0.2, 0.25) is 0 Å². The van der Waals surface area contributed by atoms with Gasteiger partial charge < -0.3 is 14.9 Å². The van der Waals surface area contributed by atoms with E-state index in [9.17, 15) is 5.11 Å². The van der Waals surface area contributed by atoms with Crippen LogP contribution in [0.15, 0.2) is 0 Å². The predicted molar refractivity (Wildman–Crippen MR) is 60.9 cm³/mol. The zero-order chi connectivity index (χ0) is 11.3. The Morgan fingerprint density at radius 2 is 1.87 bits per heavy atom. The molecule has 0 saturated carbocycles. The SMILES string of the molecule is CC[C@@](C)(O)C#CC[NH+]1CC[NH+](C)CC1. The summed E-state index contributed by atoms with van der Waals surface area (Å²) in [7, 11) is 2.24. The van der Waals surface area contributed by atoms with Crippen LogP contribution in [-0.2, 0) is 0 Å². The molecule has 0 radical (unpaired) electrons. The Bertz CT molecular complexity index is 244. The van der Waals surface area contributed by atoms with Crippen molar-refractivity contribution in [1.29, 1.82) is 0 Å². The Balaban J connectivity index is 2.31. The van der Waals surface area contributed by atoms with E-state index < -0.39 is 5.60 Å². The average molecular weight is 212 g/mol. The van der Waals surface area contributed by atoms with Gasteiger partial charge in [0.05, 0.1) is 7.05 Å². The summed E-state index contributed by atoms with van der Waals surface area (Å²) in [6.45, 7) is 9.50. The van der Waals surface area contributed by atoms with E-state index in [0.717, 1.165) is 6.54 Å². The molecule has 1 fully saturated rings. The largest absolute Gasteiger partial charge is 0.378 e. The molecule has 0 aromatic heterocycles. The van der Waals surface area contributed by atoms with Crippen molar-refractivity contribution in [3.8, 4) is 11.8 Å². The summed E-state index contributed by atoms with van der Waals surface area (Å²) in [5.41, 5.74) is -0.794. The fourth-order valence-electron chi connectivity index (χ4n) is 1.66. The molecule has 0 spiro atoms. The van der Waals surface area contributed by atoms with E-state index in [1.807, 2.05) is 6.92 Å². The van der Waals surface area contributed by atoms with Crippen LogP contribution in [0.4, 0.5) is 0 Å². The van der Waals surface area contributed by atoms with E-state index in [1.54, 1.807) is 16.7 Å². The molecule has 0 aromatic rings. The highest BCUT2D eigenvalue weighted by Crippen LogP contribution is 2.04. The highest BCUT2D eigenvalue weighted by Gasteiger charge is 2.19. The van der Waals surface area contributed by atoms with E-state index in [-0.39, 0.29) is 0 Å². The third kappa shape index (κ3) is 4.65. The Kier molecular flexibility index (Phi) is 4.59. The zero-order valence-corrected chi connectivity index (χ0v) is 10.2. The predicted octanol–water partition coefficient (Wildman–Crippen LogP) is -2.44. The molecule has 0 aromatic carbocycles. The highest BCUT2D eigenvalue weighted by atomic mass is 16.3. The van der Waals surface area contributed by atoms with Crippen LogP contribution in [0.5, 0.6) is 0 Å².